The minimum atomic E-state index is -0.815. The quantitative estimate of drug-likeness (QED) is 0.600. The minimum Gasteiger partial charge on any atom is -0.271 e. The van der Waals surface area contributed by atoms with Crippen molar-refractivity contribution in [1.82, 2.24) is 5.43 Å². The highest BCUT2D eigenvalue weighted by Gasteiger charge is 2.15. The summed E-state index contributed by atoms with van der Waals surface area (Å²) >= 11 is 0. The molecule has 3 N–H and O–H groups in total. The van der Waals surface area contributed by atoms with Gasteiger partial charge in [-0.3, -0.25) is 11.3 Å². The molecule has 0 aliphatic carbocycles. The largest absolute Gasteiger partial charge is 0.271 e. The highest BCUT2D eigenvalue weighted by atomic mass is 19.2. The van der Waals surface area contributed by atoms with E-state index in [-0.39, 0.29) is 6.04 Å². The van der Waals surface area contributed by atoms with E-state index in [1.54, 1.807) is 6.07 Å². The van der Waals surface area contributed by atoms with Gasteiger partial charge in [-0.05, 0) is 30.0 Å². The average molecular weight is 228 g/mol. The van der Waals surface area contributed by atoms with Gasteiger partial charge in [-0.1, -0.05) is 26.3 Å². The molecule has 16 heavy (non-hydrogen) atoms. The van der Waals surface area contributed by atoms with Gasteiger partial charge < -0.3 is 0 Å². The van der Waals surface area contributed by atoms with Gasteiger partial charge in [0.2, 0.25) is 0 Å². The van der Waals surface area contributed by atoms with Crippen molar-refractivity contribution >= 4 is 0 Å². The summed E-state index contributed by atoms with van der Waals surface area (Å²) in [6, 6.07) is 4.04. The van der Waals surface area contributed by atoms with Gasteiger partial charge in [-0.25, -0.2) is 8.78 Å². The summed E-state index contributed by atoms with van der Waals surface area (Å²) in [5.74, 6) is 4.21. The molecule has 0 heterocycles. The lowest BCUT2D eigenvalue weighted by Crippen LogP contribution is -2.41. The third-order valence-electron chi connectivity index (χ3n) is 2.98. The number of nitrogens with two attached hydrogens (primary N) is 1. The second-order valence-electron chi connectivity index (χ2n) is 4.11. The average Bonchev–Trinajstić information content (AvgIpc) is 2.29. The maximum Gasteiger partial charge on any atom is 0.159 e. The predicted octanol–water partition coefficient (Wildman–Crippen LogP) is 2.39. The second kappa shape index (κ2) is 5.92. The fourth-order valence-electron chi connectivity index (χ4n) is 1.63. The molecular formula is C12H18F2N2. The SMILES string of the molecule is CCC(C)C(Cc1ccc(F)c(F)c1)NN. The Morgan fingerprint density at radius 3 is 2.50 bits per heavy atom. The van der Waals surface area contributed by atoms with Gasteiger partial charge in [0.05, 0.1) is 0 Å². The van der Waals surface area contributed by atoms with E-state index in [9.17, 15) is 8.78 Å². The molecule has 0 aromatic heterocycles. The van der Waals surface area contributed by atoms with Crippen molar-refractivity contribution in [3.8, 4) is 0 Å². The second-order valence-corrected chi connectivity index (χ2v) is 4.11. The van der Waals surface area contributed by atoms with Crippen molar-refractivity contribution in [2.24, 2.45) is 11.8 Å². The first-order valence-corrected chi connectivity index (χ1v) is 5.48. The molecule has 4 heteroatoms. The van der Waals surface area contributed by atoms with E-state index in [0.717, 1.165) is 18.1 Å². The third-order valence-corrected chi connectivity index (χ3v) is 2.98. The first-order chi connectivity index (χ1) is 7.58. The fraction of sp³-hybridized carbons (Fsp3) is 0.500. The van der Waals surface area contributed by atoms with E-state index in [4.69, 9.17) is 5.84 Å². The molecule has 0 amide bonds. The highest BCUT2D eigenvalue weighted by Crippen LogP contribution is 2.15. The Morgan fingerprint density at radius 2 is 2.00 bits per heavy atom. The summed E-state index contributed by atoms with van der Waals surface area (Å²) in [4.78, 5) is 0. The van der Waals surface area contributed by atoms with Gasteiger partial charge >= 0.3 is 0 Å². The molecule has 0 fully saturated rings. The molecule has 2 nitrogen and oxygen atoms in total. The molecule has 0 aliphatic rings. The van der Waals surface area contributed by atoms with Gasteiger partial charge in [0.25, 0.3) is 0 Å². The normalized spacial score (nSPS) is 14.8. The molecule has 0 spiro atoms. The van der Waals surface area contributed by atoms with Crippen LogP contribution >= 0.6 is 0 Å². The summed E-state index contributed by atoms with van der Waals surface area (Å²) < 4.78 is 25.7. The number of hydrogen-bond acceptors (Lipinski definition) is 2. The zero-order valence-electron chi connectivity index (χ0n) is 9.63. The zero-order chi connectivity index (χ0) is 12.1. The molecule has 0 saturated heterocycles. The summed E-state index contributed by atoms with van der Waals surface area (Å²) in [6.45, 7) is 4.14. The summed E-state index contributed by atoms with van der Waals surface area (Å²) in [7, 11) is 0. The maximum atomic E-state index is 13.0. The Labute approximate surface area is 94.8 Å². The Balaban J connectivity index is 2.74. The number of hydrogen-bond donors (Lipinski definition) is 2. The van der Waals surface area contributed by atoms with Crippen molar-refractivity contribution in [1.29, 1.82) is 0 Å². The number of rotatable bonds is 5. The standard InChI is InChI=1S/C12H18F2N2/c1-3-8(2)12(16-15)7-9-4-5-10(13)11(14)6-9/h4-6,8,12,16H,3,7,15H2,1-2H3. The van der Waals surface area contributed by atoms with E-state index in [2.05, 4.69) is 19.3 Å². The Kier molecular flexibility index (Phi) is 4.83. The molecule has 0 bridgehead atoms. The zero-order valence-corrected chi connectivity index (χ0v) is 9.63. The molecule has 2 atom stereocenters. The van der Waals surface area contributed by atoms with Crippen LogP contribution in [0.3, 0.4) is 0 Å². The molecule has 1 aromatic rings. The van der Waals surface area contributed by atoms with Crippen LogP contribution in [0, 0.1) is 17.6 Å². The van der Waals surface area contributed by atoms with Crippen LogP contribution in [0.2, 0.25) is 0 Å². The number of nitrogens with one attached hydrogen (secondary N) is 1. The first kappa shape index (κ1) is 13.1. The van der Waals surface area contributed by atoms with Crippen LogP contribution < -0.4 is 11.3 Å². The Bertz CT molecular complexity index is 342. The van der Waals surface area contributed by atoms with Crippen molar-refractivity contribution in [2.45, 2.75) is 32.7 Å². The van der Waals surface area contributed by atoms with Crippen molar-refractivity contribution in [2.75, 3.05) is 0 Å². The van der Waals surface area contributed by atoms with Gasteiger partial charge in [0.1, 0.15) is 0 Å². The molecule has 1 aromatic carbocycles. The van der Waals surface area contributed by atoms with Crippen LogP contribution in [-0.2, 0) is 6.42 Å². The van der Waals surface area contributed by atoms with Crippen LogP contribution in [0.15, 0.2) is 18.2 Å². The topological polar surface area (TPSA) is 38.0 Å². The van der Waals surface area contributed by atoms with Crippen LogP contribution in [0.25, 0.3) is 0 Å². The molecule has 1 rings (SSSR count). The Morgan fingerprint density at radius 1 is 1.31 bits per heavy atom. The van der Waals surface area contributed by atoms with Crippen LogP contribution in [0.5, 0.6) is 0 Å². The van der Waals surface area contributed by atoms with Crippen molar-refractivity contribution < 1.29 is 8.78 Å². The van der Waals surface area contributed by atoms with Crippen molar-refractivity contribution in [3.63, 3.8) is 0 Å². The molecule has 0 radical (unpaired) electrons. The monoisotopic (exact) mass is 228 g/mol. The van der Waals surface area contributed by atoms with E-state index in [1.165, 1.54) is 6.07 Å². The molecule has 0 saturated carbocycles. The predicted molar refractivity (Wildman–Crippen MR) is 60.6 cm³/mol. The summed E-state index contributed by atoms with van der Waals surface area (Å²) in [6.07, 6.45) is 1.58. The first-order valence-electron chi connectivity index (χ1n) is 5.48. The summed E-state index contributed by atoms with van der Waals surface area (Å²) in [5, 5.41) is 0. The minimum absolute atomic E-state index is 0.0786. The van der Waals surface area contributed by atoms with Crippen LogP contribution in [-0.4, -0.2) is 6.04 Å². The van der Waals surface area contributed by atoms with E-state index in [1.807, 2.05) is 0 Å². The van der Waals surface area contributed by atoms with Gasteiger partial charge in [0.15, 0.2) is 11.6 Å². The smallest absolute Gasteiger partial charge is 0.159 e. The number of hydrazine groups is 1. The molecule has 2 unspecified atom stereocenters. The maximum absolute atomic E-state index is 13.0. The lowest BCUT2D eigenvalue weighted by Gasteiger charge is -2.22. The fourth-order valence-corrected chi connectivity index (χ4v) is 1.63. The van der Waals surface area contributed by atoms with E-state index < -0.39 is 11.6 Å². The number of benzene rings is 1. The van der Waals surface area contributed by atoms with Crippen molar-refractivity contribution in [3.05, 3.63) is 35.4 Å². The van der Waals surface area contributed by atoms with Gasteiger partial charge in [0, 0.05) is 6.04 Å². The van der Waals surface area contributed by atoms with Gasteiger partial charge in [-0.15, -0.1) is 0 Å². The summed E-state index contributed by atoms with van der Waals surface area (Å²) in [5.41, 5.74) is 3.47. The third kappa shape index (κ3) is 3.25. The molecule has 90 valence electrons. The highest BCUT2D eigenvalue weighted by molar-refractivity contribution is 5.18. The Hall–Kier alpha value is -1.00. The van der Waals surface area contributed by atoms with Crippen LogP contribution in [0.4, 0.5) is 8.78 Å². The van der Waals surface area contributed by atoms with Gasteiger partial charge in [-0.2, -0.15) is 0 Å². The number of halogens is 2. The lowest BCUT2D eigenvalue weighted by molar-refractivity contribution is 0.369. The van der Waals surface area contributed by atoms with E-state index >= 15 is 0 Å². The van der Waals surface area contributed by atoms with E-state index in [0.29, 0.717) is 12.3 Å². The molecule has 0 aliphatic heterocycles. The molecular weight excluding hydrogens is 210 g/mol. The van der Waals surface area contributed by atoms with Crippen LogP contribution in [0.1, 0.15) is 25.8 Å². The lowest BCUT2D eigenvalue weighted by atomic mass is 9.93.